The lowest BCUT2D eigenvalue weighted by Crippen LogP contribution is -2.28. The van der Waals surface area contributed by atoms with Crippen LogP contribution in [0.5, 0.6) is 0 Å². The molecule has 0 aliphatic rings. The van der Waals surface area contributed by atoms with E-state index in [1.807, 2.05) is 6.92 Å². The molecule has 2 nitrogen and oxygen atoms in total. The molecule has 0 radical (unpaired) electrons. The first-order valence-electron chi connectivity index (χ1n) is 6.28. The first kappa shape index (κ1) is 14.9. The molecule has 2 N–H and O–H groups in total. The fourth-order valence-electron chi connectivity index (χ4n) is 2.03. The van der Waals surface area contributed by atoms with Crippen LogP contribution >= 0.6 is 0 Å². The SMILES string of the molecule is CCCCC(C)CC(C)(O)CCC(C)O. The molecule has 3 atom stereocenters. The highest BCUT2D eigenvalue weighted by Crippen LogP contribution is 2.25. The third-order valence-corrected chi connectivity index (χ3v) is 2.94. The molecule has 15 heavy (non-hydrogen) atoms. The molecule has 0 rings (SSSR count). The first-order chi connectivity index (χ1) is 6.87. The second kappa shape index (κ2) is 7.24. The van der Waals surface area contributed by atoms with Gasteiger partial charge in [-0.2, -0.15) is 0 Å². The predicted octanol–water partition coefficient (Wildman–Crippen LogP) is 3.11. The zero-order valence-corrected chi connectivity index (χ0v) is 10.8. The minimum absolute atomic E-state index is 0.303. The maximum Gasteiger partial charge on any atom is 0.0623 e. The summed E-state index contributed by atoms with van der Waals surface area (Å²) in [5.74, 6) is 0.578. The van der Waals surface area contributed by atoms with Gasteiger partial charge < -0.3 is 10.2 Å². The Kier molecular flexibility index (Phi) is 7.20. The van der Waals surface area contributed by atoms with Gasteiger partial charge in [-0.15, -0.1) is 0 Å². The monoisotopic (exact) mass is 216 g/mol. The standard InChI is InChI=1S/C13H28O2/c1-5-6-7-11(2)10-13(4,15)9-8-12(3)14/h11-12,14-15H,5-10H2,1-4H3. The van der Waals surface area contributed by atoms with Crippen molar-refractivity contribution in [1.29, 1.82) is 0 Å². The third kappa shape index (κ3) is 8.88. The summed E-state index contributed by atoms with van der Waals surface area (Å²) in [6.45, 7) is 8.05. The maximum absolute atomic E-state index is 10.1. The van der Waals surface area contributed by atoms with Crippen molar-refractivity contribution >= 4 is 0 Å². The van der Waals surface area contributed by atoms with Gasteiger partial charge >= 0.3 is 0 Å². The largest absolute Gasteiger partial charge is 0.393 e. The van der Waals surface area contributed by atoms with Gasteiger partial charge in [-0.05, 0) is 39.0 Å². The summed E-state index contributed by atoms with van der Waals surface area (Å²) in [4.78, 5) is 0. The molecule has 0 aliphatic heterocycles. The van der Waals surface area contributed by atoms with Gasteiger partial charge in [-0.1, -0.05) is 33.1 Å². The lowest BCUT2D eigenvalue weighted by Gasteiger charge is -2.27. The van der Waals surface area contributed by atoms with Gasteiger partial charge in [0, 0.05) is 0 Å². The lowest BCUT2D eigenvalue weighted by atomic mass is 9.86. The fourth-order valence-corrected chi connectivity index (χ4v) is 2.03. The van der Waals surface area contributed by atoms with Crippen LogP contribution in [0.2, 0.25) is 0 Å². The van der Waals surface area contributed by atoms with E-state index in [1.165, 1.54) is 19.3 Å². The Morgan fingerprint density at radius 2 is 1.80 bits per heavy atom. The van der Waals surface area contributed by atoms with Crippen LogP contribution in [0.1, 0.15) is 66.2 Å². The van der Waals surface area contributed by atoms with Crippen molar-refractivity contribution in [2.24, 2.45) is 5.92 Å². The molecule has 3 unspecified atom stereocenters. The number of hydrogen-bond donors (Lipinski definition) is 2. The Labute approximate surface area is 94.7 Å². The molecule has 0 saturated carbocycles. The van der Waals surface area contributed by atoms with Crippen LogP contribution in [0.4, 0.5) is 0 Å². The van der Waals surface area contributed by atoms with Crippen molar-refractivity contribution in [3.05, 3.63) is 0 Å². The summed E-state index contributed by atoms with van der Waals surface area (Å²) < 4.78 is 0. The van der Waals surface area contributed by atoms with Gasteiger partial charge in [0.1, 0.15) is 0 Å². The van der Waals surface area contributed by atoms with E-state index in [9.17, 15) is 10.2 Å². The first-order valence-corrected chi connectivity index (χ1v) is 6.28. The van der Waals surface area contributed by atoms with Crippen LogP contribution in [0.3, 0.4) is 0 Å². The Morgan fingerprint density at radius 3 is 2.27 bits per heavy atom. The average Bonchev–Trinajstić information content (AvgIpc) is 2.11. The minimum atomic E-state index is -0.607. The van der Waals surface area contributed by atoms with E-state index >= 15 is 0 Å². The quantitative estimate of drug-likeness (QED) is 0.654. The summed E-state index contributed by atoms with van der Waals surface area (Å²) in [6, 6.07) is 0. The summed E-state index contributed by atoms with van der Waals surface area (Å²) in [5.41, 5.74) is -0.607. The topological polar surface area (TPSA) is 40.5 Å². The highest BCUT2D eigenvalue weighted by atomic mass is 16.3. The number of aliphatic hydroxyl groups is 2. The molecule has 0 aliphatic carbocycles. The average molecular weight is 216 g/mol. The summed E-state index contributed by atoms with van der Waals surface area (Å²) in [5, 5.41) is 19.3. The summed E-state index contributed by atoms with van der Waals surface area (Å²) in [6.07, 6.45) is 5.59. The van der Waals surface area contributed by atoms with E-state index in [2.05, 4.69) is 13.8 Å². The van der Waals surface area contributed by atoms with Gasteiger partial charge in [-0.25, -0.2) is 0 Å². The Hall–Kier alpha value is -0.0800. The van der Waals surface area contributed by atoms with E-state index in [0.717, 1.165) is 6.42 Å². The van der Waals surface area contributed by atoms with Gasteiger partial charge in [0.25, 0.3) is 0 Å². The number of unbranched alkanes of at least 4 members (excludes halogenated alkanes) is 1. The molecule has 0 heterocycles. The van der Waals surface area contributed by atoms with Gasteiger partial charge in [0.15, 0.2) is 0 Å². The zero-order chi connectivity index (χ0) is 11.9. The normalized spacial score (nSPS) is 19.6. The third-order valence-electron chi connectivity index (χ3n) is 2.94. The molecule has 0 fully saturated rings. The van der Waals surface area contributed by atoms with Crippen LogP contribution in [0.25, 0.3) is 0 Å². The highest BCUT2D eigenvalue weighted by molar-refractivity contribution is 4.76. The molecule has 0 aromatic heterocycles. The smallest absolute Gasteiger partial charge is 0.0623 e. The predicted molar refractivity (Wildman–Crippen MR) is 64.8 cm³/mol. The second-order valence-corrected chi connectivity index (χ2v) is 5.34. The van der Waals surface area contributed by atoms with E-state index < -0.39 is 5.60 Å². The molecule has 92 valence electrons. The van der Waals surface area contributed by atoms with Crippen LogP contribution in [0, 0.1) is 5.92 Å². The van der Waals surface area contributed by atoms with Gasteiger partial charge in [-0.3, -0.25) is 0 Å². The van der Waals surface area contributed by atoms with E-state index in [1.54, 1.807) is 6.92 Å². The van der Waals surface area contributed by atoms with Crippen molar-refractivity contribution in [2.75, 3.05) is 0 Å². The van der Waals surface area contributed by atoms with Crippen LogP contribution < -0.4 is 0 Å². The number of aliphatic hydroxyl groups excluding tert-OH is 1. The van der Waals surface area contributed by atoms with Crippen molar-refractivity contribution in [1.82, 2.24) is 0 Å². The number of rotatable bonds is 8. The second-order valence-electron chi connectivity index (χ2n) is 5.34. The van der Waals surface area contributed by atoms with Crippen molar-refractivity contribution in [3.8, 4) is 0 Å². The van der Waals surface area contributed by atoms with Crippen LogP contribution in [-0.4, -0.2) is 21.9 Å². The molecule has 0 aromatic carbocycles. The Balaban J connectivity index is 3.79. The van der Waals surface area contributed by atoms with E-state index in [-0.39, 0.29) is 6.10 Å². The van der Waals surface area contributed by atoms with Gasteiger partial charge in [0.2, 0.25) is 0 Å². The van der Waals surface area contributed by atoms with E-state index in [0.29, 0.717) is 18.8 Å². The Morgan fingerprint density at radius 1 is 1.20 bits per heavy atom. The van der Waals surface area contributed by atoms with Crippen LogP contribution in [-0.2, 0) is 0 Å². The molecule has 2 heteroatoms. The van der Waals surface area contributed by atoms with Crippen molar-refractivity contribution < 1.29 is 10.2 Å². The Bertz CT molecular complexity index is 153. The molecule has 0 amide bonds. The lowest BCUT2D eigenvalue weighted by molar-refractivity contribution is 0.0133. The molecule has 0 bridgehead atoms. The molecule has 0 aromatic rings. The molecular formula is C13H28O2. The van der Waals surface area contributed by atoms with E-state index in [4.69, 9.17) is 0 Å². The number of hydrogen-bond acceptors (Lipinski definition) is 2. The van der Waals surface area contributed by atoms with Crippen molar-refractivity contribution in [3.63, 3.8) is 0 Å². The van der Waals surface area contributed by atoms with Crippen LogP contribution in [0.15, 0.2) is 0 Å². The zero-order valence-electron chi connectivity index (χ0n) is 10.8. The molecule has 0 saturated heterocycles. The molecular weight excluding hydrogens is 188 g/mol. The summed E-state index contributed by atoms with van der Waals surface area (Å²) >= 11 is 0. The van der Waals surface area contributed by atoms with Gasteiger partial charge in [0.05, 0.1) is 11.7 Å². The summed E-state index contributed by atoms with van der Waals surface area (Å²) in [7, 11) is 0. The minimum Gasteiger partial charge on any atom is -0.393 e. The highest BCUT2D eigenvalue weighted by Gasteiger charge is 2.23. The fraction of sp³-hybridized carbons (Fsp3) is 1.00. The maximum atomic E-state index is 10.1. The molecule has 0 spiro atoms. The van der Waals surface area contributed by atoms with Crippen molar-refractivity contribution in [2.45, 2.75) is 77.9 Å².